The second kappa shape index (κ2) is 7.32. The lowest BCUT2D eigenvalue weighted by Crippen LogP contribution is -2.27. The van der Waals surface area contributed by atoms with Crippen LogP contribution in [0.5, 0.6) is 0 Å². The number of thiocarbonyl (C=S) groups is 1. The third-order valence-electron chi connectivity index (χ3n) is 2.44. The third kappa shape index (κ3) is 4.77. The van der Waals surface area contributed by atoms with Gasteiger partial charge in [0, 0.05) is 19.3 Å². The van der Waals surface area contributed by atoms with Gasteiger partial charge >= 0.3 is 0 Å². The molecule has 17 heavy (non-hydrogen) atoms. The van der Waals surface area contributed by atoms with E-state index < -0.39 is 0 Å². The summed E-state index contributed by atoms with van der Waals surface area (Å²) in [6.07, 6.45) is 2.78. The molecule has 0 unspecified atom stereocenters. The Labute approximate surface area is 107 Å². The van der Waals surface area contributed by atoms with E-state index in [2.05, 4.69) is 16.8 Å². The Morgan fingerprint density at radius 3 is 2.88 bits per heavy atom. The SMILES string of the molecule is CCCN(CCO)Cc1ccnc(C(N)=S)c1. The summed E-state index contributed by atoms with van der Waals surface area (Å²) in [4.78, 5) is 6.61. The Balaban J connectivity index is 2.71. The molecule has 0 bridgehead atoms. The maximum absolute atomic E-state index is 8.99. The van der Waals surface area contributed by atoms with Crippen molar-refractivity contribution in [3.05, 3.63) is 29.6 Å². The maximum Gasteiger partial charge on any atom is 0.122 e. The molecule has 0 aliphatic rings. The summed E-state index contributed by atoms with van der Waals surface area (Å²) in [6, 6.07) is 3.85. The van der Waals surface area contributed by atoms with Gasteiger partial charge in [-0.2, -0.15) is 0 Å². The fourth-order valence-electron chi connectivity index (χ4n) is 1.69. The molecule has 1 aromatic rings. The van der Waals surface area contributed by atoms with Crippen molar-refractivity contribution in [2.24, 2.45) is 5.73 Å². The summed E-state index contributed by atoms with van der Waals surface area (Å²) in [5.41, 5.74) is 7.31. The van der Waals surface area contributed by atoms with Crippen LogP contribution < -0.4 is 5.73 Å². The van der Waals surface area contributed by atoms with Crippen molar-refractivity contribution >= 4 is 17.2 Å². The lowest BCUT2D eigenvalue weighted by atomic mass is 10.2. The molecule has 0 aliphatic carbocycles. The first-order valence-corrected chi connectivity index (χ1v) is 6.16. The minimum atomic E-state index is 0.174. The topological polar surface area (TPSA) is 62.4 Å². The number of aliphatic hydroxyl groups excluding tert-OH is 1. The van der Waals surface area contributed by atoms with E-state index in [-0.39, 0.29) is 6.61 Å². The van der Waals surface area contributed by atoms with Crippen LogP contribution in [-0.4, -0.2) is 39.7 Å². The zero-order valence-corrected chi connectivity index (χ0v) is 10.9. The van der Waals surface area contributed by atoms with Crippen LogP contribution in [-0.2, 0) is 6.54 Å². The lowest BCUT2D eigenvalue weighted by Gasteiger charge is -2.20. The zero-order valence-electron chi connectivity index (χ0n) is 10.1. The molecule has 3 N–H and O–H groups in total. The lowest BCUT2D eigenvalue weighted by molar-refractivity contribution is 0.190. The van der Waals surface area contributed by atoms with Gasteiger partial charge in [0.1, 0.15) is 4.99 Å². The highest BCUT2D eigenvalue weighted by Gasteiger charge is 2.06. The molecule has 0 saturated carbocycles. The van der Waals surface area contributed by atoms with Crippen LogP contribution in [0.1, 0.15) is 24.6 Å². The first kappa shape index (κ1) is 14.0. The predicted octanol–water partition coefficient (Wildman–Crippen LogP) is 0.920. The second-order valence-electron chi connectivity index (χ2n) is 3.91. The number of aromatic nitrogens is 1. The van der Waals surface area contributed by atoms with Crippen LogP contribution in [0.4, 0.5) is 0 Å². The van der Waals surface area contributed by atoms with Crippen LogP contribution in [0, 0.1) is 0 Å². The van der Waals surface area contributed by atoms with Gasteiger partial charge in [0.05, 0.1) is 12.3 Å². The molecule has 0 fully saturated rings. The van der Waals surface area contributed by atoms with Gasteiger partial charge in [0.25, 0.3) is 0 Å². The number of hydrogen-bond donors (Lipinski definition) is 2. The van der Waals surface area contributed by atoms with Gasteiger partial charge in [0.15, 0.2) is 0 Å². The van der Waals surface area contributed by atoms with Crippen molar-refractivity contribution in [1.82, 2.24) is 9.88 Å². The molecule has 1 rings (SSSR count). The van der Waals surface area contributed by atoms with Crippen LogP contribution in [0.25, 0.3) is 0 Å². The summed E-state index contributed by atoms with van der Waals surface area (Å²) in [6.45, 7) is 4.72. The Kier molecular flexibility index (Phi) is 6.04. The Bertz CT molecular complexity index is 365. The molecular formula is C12H19N3OS. The van der Waals surface area contributed by atoms with Gasteiger partial charge < -0.3 is 10.8 Å². The van der Waals surface area contributed by atoms with E-state index in [4.69, 9.17) is 23.1 Å². The molecule has 94 valence electrons. The van der Waals surface area contributed by atoms with Crippen LogP contribution in [0.3, 0.4) is 0 Å². The van der Waals surface area contributed by atoms with Gasteiger partial charge in [-0.3, -0.25) is 9.88 Å². The van der Waals surface area contributed by atoms with Gasteiger partial charge in [-0.25, -0.2) is 0 Å². The summed E-state index contributed by atoms with van der Waals surface area (Å²) >= 11 is 4.90. The van der Waals surface area contributed by atoms with Crippen molar-refractivity contribution in [2.75, 3.05) is 19.7 Å². The highest BCUT2D eigenvalue weighted by atomic mass is 32.1. The molecule has 1 heterocycles. The number of hydrogen-bond acceptors (Lipinski definition) is 4. The van der Waals surface area contributed by atoms with Gasteiger partial charge in [0.2, 0.25) is 0 Å². The fraction of sp³-hybridized carbons (Fsp3) is 0.500. The largest absolute Gasteiger partial charge is 0.395 e. The van der Waals surface area contributed by atoms with Crippen LogP contribution in [0.2, 0.25) is 0 Å². The molecule has 5 heteroatoms. The van der Waals surface area contributed by atoms with Crippen molar-refractivity contribution in [1.29, 1.82) is 0 Å². The maximum atomic E-state index is 8.99. The van der Waals surface area contributed by atoms with E-state index in [9.17, 15) is 0 Å². The zero-order chi connectivity index (χ0) is 12.7. The van der Waals surface area contributed by atoms with Crippen molar-refractivity contribution < 1.29 is 5.11 Å². The Hall–Kier alpha value is -1.04. The number of nitrogens with zero attached hydrogens (tertiary/aromatic N) is 2. The molecule has 0 aromatic carbocycles. The quantitative estimate of drug-likeness (QED) is 0.708. The van der Waals surface area contributed by atoms with E-state index in [0.717, 1.165) is 25.1 Å². The highest BCUT2D eigenvalue weighted by Crippen LogP contribution is 2.06. The van der Waals surface area contributed by atoms with Gasteiger partial charge in [-0.15, -0.1) is 0 Å². The monoisotopic (exact) mass is 253 g/mol. The van der Waals surface area contributed by atoms with Crippen molar-refractivity contribution in [3.63, 3.8) is 0 Å². The fourth-order valence-corrected chi connectivity index (χ4v) is 1.80. The van der Waals surface area contributed by atoms with Crippen molar-refractivity contribution in [3.8, 4) is 0 Å². The van der Waals surface area contributed by atoms with E-state index >= 15 is 0 Å². The molecule has 0 spiro atoms. The number of nitrogens with two attached hydrogens (primary N) is 1. The molecule has 4 nitrogen and oxygen atoms in total. The summed E-state index contributed by atoms with van der Waals surface area (Å²) < 4.78 is 0. The highest BCUT2D eigenvalue weighted by molar-refractivity contribution is 7.80. The van der Waals surface area contributed by atoms with Crippen LogP contribution >= 0.6 is 12.2 Å². The molecular weight excluding hydrogens is 234 g/mol. The number of pyridine rings is 1. The smallest absolute Gasteiger partial charge is 0.122 e. The molecule has 0 aliphatic heterocycles. The standard InChI is InChI=1S/C12H19N3OS/c1-2-5-15(6-7-16)9-10-3-4-14-11(8-10)12(13)17/h3-4,8,16H,2,5-7,9H2,1H3,(H2,13,17). The van der Waals surface area contributed by atoms with Crippen LogP contribution in [0.15, 0.2) is 18.3 Å². The molecule has 0 saturated heterocycles. The molecule has 0 amide bonds. The average molecular weight is 253 g/mol. The Morgan fingerprint density at radius 2 is 2.29 bits per heavy atom. The first-order valence-electron chi connectivity index (χ1n) is 5.75. The minimum Gasteiger partial charge on any atom is -0.395 e. The number of aliphatic hydroxyl groups is 1. The third-order valence-corrected chi connectivity index (χ3v) is 2.65. The first-order chi connectivity index (χ1) is 8.17. The van der Waals surface area contributed by atoms with Crippen molar-refractivity contribution in [2.45, 2.75) is 19.9 Å². The van der Waals surface area contributed by atoms with E-state index in [1.54, 1.807) is 6.20 Å². The number of rotatable bonds is 7. The molecule has 0 atom stereocenters. The van der Waals surface area contributed by atoms with E-state index in [1.165, 1.54) is 0 Å². The summed E-state index contributed by atoms with van der Waals surface area (Å²) in [5, 5.41) is 8.99. The molecule has 1 aromatic heterocycles. The summed E-state index contributed by atoms with van der Waals surface area (Å²) in [5.74, 6) is 0. The van der Waals surface area contributed by atoms with Gasteiger partial charge in [-0.1, -0.05) is 19.1 Å². The summed E-state index contributed by atoms with van der Waals surface area (Å²) in [7, 11) is 0. The van der Waals surface area contributed by atoms with E-state index in [0.29, 0.717) is 17.2 Å². The average Bonchev–Trinajstić information content (AvgIpc) is 2.30. The van der Waals surface area contributed by atoms with Gasteiger partial charge in [-0.05, 0) is 30.7 Å². The Morgan fingerprint density at radius 1 is 1.53 bits per heavy atom. The molecule has 0 radical (unpaired) electrons. The normalized spacial score (nSPS) is 10.8. The predicted molar refractivity (Wildman–Crippen MR) is 72.8 cm³/mol. The minimum absolute atomic E-state index is 0.174. The second-order valence-corrected chi connectivity index (χ2v) is 4.35. The van der Waals surface area contributed by atoms with E-state index in [1.807, 2.05) is 12.1 Å².